The van der Waals surface area contributed by atoms with Gasteiger partial charge in [0, 0.05) is 6.54 Å². The number of carbonyl (C=O) groups excluding carboxylic acids is 1. The Morgan fingerprint density at radius 1 is 1.06 bits per heavy atom. The number of H-pyrrole nitrogens is 1. The van der Waals surface area contributed by atoms with Gasteiger partial charge in [0.25, 0.3) is 11.5 Å². The first kappa shape index (κ1) is 23.5. The van der Waals surface area contributed by atoms with Crippen molar-refractivity contribution in [1.29, 1.82) is 0 Å². The highest BCUT2D eigenvalue weighted by atomic mass is 79.9. The van der Waals surface area contributed by atoms with Crippen LogP contribution in [0.2, 0.25) is 0 Å². The number of halogens is 2. The van der Waals surface area contributed by atoms with E-state index in [1.54, 1.807) is 12.1 Å². The molecule has 0 fully saturated rings. The highest BCUT2D eigenvalue weighted by Gasteiger charge is 2.16. The quantitative estimate of drug-likeness (QED) is 0.314. The monoisotopic (exact) mass is 586 g/mol. The molecule has 0 aliphatic heterocycles. The zero-order chi connectivity index (χ0) is 24.2. The number of rotatable bonds is 6. The van der Waals surface area contributed by atoms with Crippen LogP contribution in [0.3, 0.4) is 0 Å². The van der Waals surface area contributed by atoms with E-state index in [4.69, 9.17) is 4.74 Å². The molecule has 3 N–H and O–H groups in total. The number of carbonyl (C=O) groups is 1. The molecule has 0 bridgehead atoms. The van der Waals surface area contributed by atoms with Crippen LogP contribution < -0.4 is 21.3 Å². The molecule has 9 nitrogen and oxygen atoms in total. The van der Waals surface area contributed by atoms with Crippen LogP contribution in [-0.2, 0) is 6.54 Å². The van der Waals surface area contributed by atoms with E-state index in [0.29, 0.717) is 32.7 Å². The lowest BCUT2D eigenvalue weighted by molar-refractivity contribution is 0.0948. The van der Waals surface area contributed by atoms with Crippen molar-refractivity contribution in [3.05, 3.63) is 108 Å². The lowest BCUT2D eigenvalue weighted by Crippen LogP contribution is -2.30. The first-order valence-electron chi connectivity index (χ1n) is 9.83. The van der Waals surface area contributed by atoms with Gasteiger partial charge in [-0.2, -0.15) is 9.78 Å². The van der Waals surface area contributed by atoms with Crippen LogP contribution in [0.5, 0.6) is 17.2 Å². The number of aromatic nitrogens is 3. The fourth-order valence-electron chi connectivity index (χ4n) is 3.06. The van der Waals surface area contributed by atoms with Crippen molar-refractivity contribution in [2.45, 2.75) is 6.54 Å². The van der Waals surface area contributed by atoms with Crippen molar-refractivity contribution in [2.24, 2.45) is 0 Å². The molecule has 0 spiro atoms. The van der Waals surface area contributed by atoms with E-state index in [-0.39, 0.29) is 11.3 Å². The Bertz CT molecular complexity index is 1460. The standard InChI is InChI=1S/C23H16Br2N4O5/c24-17-8-14(29-23(33)28-20(31)12-27-29)9-18(25)21(17)34-15-6-7-19(30)16(10-15)22(32)26-11-13-4-2-1-3-5-13/h1-10,12,30H,11H2,(H,26,32)(H,28,31,33). The maximum atomic E-state index is 12.6. The van der Waals surface area contributed by atoms with Crippen LogP contribution in [0.15, 0.2) is 85.4 Å². The Morgan fingerprint density at radius 2 is 1.76 bits per heavy atom. The first-order chi connectivity index (χ1) is 16.3. The molecule has 172 valence electrons. The molecule has 1 amide bonds. The number of benzene rings is 3. The van der Waals surface area contributed by atoms with Gasteiger partial charge in [0.1, 0.15) is 17.7 Å². The van der Waals surface area contributed by atoms with Gasteiger partial charge in [-0.1, -0.05) is 30.3 Å². The predicted molar refractivity (Wildman–Crippen MR) is 132 cm³/mol. The van der Waals surface area contributed by atoms with E-state index in [9.17, 15) is 19.5 Å². The minimum absolute atomic E-state index is 0.0567. The number of nitrogens with one attached hydrogen (secondary N) is 2. The topological polar surface area (TPSA) is 126 Å². The number of hydrogen-bond acceptors (Lipinski definition) is 6. The second-order valence-corrected chi connectivity index (χ2v) is 8.75. The third-order valence-electron chi connectivity index (χ3n) is 4.67. The molecule has 4 aromatic rings. The zero-order valence-corrected chi connectivity index (χ0v) is 20.5. The number of amides is 1. The molecule has 0 aliphatic rings. The number of hydrogen-bond donors (Lipinski definition) is 3. The molecule has 0 saturated heterocycles. The molecule has 34 heavy (non-hydrogen) atoms. The van der Waals surface area contributed by atoms with Crippen LogP contribution in [0.25, 0.3) is 5.69 Å². The van der Waals surface area contributed by atoms with Crippen molar-refractivity contribution in [3.8, 4) is 22.9 Å². The Balaban J connectivity index is 1.57. The number of phenolic OH excluding ortho intramolecular Hbond substituents is 1. The minimum atomic E-state index is -0.690. The molecule has 0 saturated carbocycles. The molecule has 1 heterocycles. The van der Waals surface area contributed by atoms with E-state index >= 15 is 0 Å². The van der Waals surface area contributed by atoms with Crippen LogP contribution in [0.1, 0.15) is 15.9 Å². The summed E-state index contributed by atoms with van der Waals surface area (Å²) in [5.41, 5.74) is 0.0621. The molecule has 0 radical (unpaired) electrons. The third kappa shape index (κ3) is 5.26. The Kier molecular flexibility index (Phi) is 6.94. The van der Waals surface area contributed by atoms with E-state index in [1.807, 2.05) is 30.3 Å². The lowest BCUT2D eigenvalue weighted by Gasteiger charge is -2.14. The summed E-state index contributed by atoms with van der Waals surface area (Å²) in [6.07, 6.45) is 0.994. The highest BCUT2D eigenvalue weighted by Crippen LogP contribution is 2.39. The van der Waals surface area contributed by atoms with E-state index < -0.39 is 17.2 Å². The highest BCUT2D eigenvalue weighted by molar-refractivity contribution is 9.11. The van der Waals surface area contributed by atoms with Crippen molar-refractivity contribution in [1.82, 2.24) is 20.1 Å². The smallest absolute Gasteiger partial charge is 0.349 e. The molecule has 0 aliphatic carbocycles. The van der Waals surface area contributed by atoms with Gasteiger partial charge in [0.15, 0.2) is 5.75 Å². The number of phenols is 1. The summed E-state index contributed by atoms with van der Waals surface area (Å²) >= 11 is 6.81. The fraction of sp³-hybridized carbons (Fsp3) is 0.0435. The summed E-state index contributed by atoms with van der Waals surface area (Å²) in [5, 5.41) is 16.8. The molecular weight excluding hydrogens is 572 g/mol. The van der Waals surface area contributed by atoms with Crippen molar-refractivity contribution in [3.63, 3.8) is 0 Å². The molecular formula is C23H16Br2N4O5. The zero-order valence-electron chi connectivity index (χ0n) is 17.3. The van der Waals surface area contributed by atoms with Gasteiger partial charge in [0.2, 0.25) is 0 Å². The van der Waals surface area contributed by atoms with Gasteiger partial charge < -0.3 is 15.2 Å². The van der Waals surface area contributed by atoms with E-state index in [2.05, 4.69) is 47.3 Å². The molecule has 1 aromatic heterocycles. The van der Waals surface area contributed by atoms with Gasteiger partial charge in [-0.3, -0.25) is 14.6 Å². The Hall–Kier alpha value is -3.70. The van der Waals surface area contributed by atoms with Crippen LogP contribution in [0.4, 0.5) is 0 Å². The predicted octanol–water partition coefficient (Wildman–Crippen LogP) is 3.87. The summed E-state index contributed by atoms with van der Waals surface area (Å²) in [6.45, 7) is 0.306. The van der Waals surface area contributed by atoms with Gasteiger partial charge in [-0.15, -0.1) is 0 Å². The molecule has 11 heteroatoms. The second-order valence-electron chi connectivity index (χ2n) is 7.04. The van der Waals surface area contributed by atoms with Crippen LogP contribution >= 0.6 is 31.9 Å². The van der Waals surface area contributed by atoms with Crippen molar-refractivity contribution in [2.75, 3.05) is 0 Å². The SMILES string of the molecule is O=C(NCc1ccccc1)c1cc(Oc2c(Br)cc(-n3ncc(=O)[nH]c3=O)cc2Br)ccc1O. The summed E-state index contributed by atoms with van der Waals surface area (Å²) in [6, 6.07) is 16.9. The average molecular weight is 588 g/mol. The average Bonchev–Trinajstić information content (AvgIpc) is 2.81. The lowest BCUT2D eigenvalue weighted by atomic mass is 10.1. The van der Waals surface area contributed by atoms with Crippen LogP contribution in [-0.4, -0.2) is 25.8 Å². The number of ether oxygens (including phenoxy) is 1. The van der Waals surface area contributed by atoms with Crippen LogP contribution in [0, 0.1) is 0 Å². The maximum Gasteiger partial charge on any atom is 0.349 e. The first-order valence-corrected chi connectivity index (χ1v) is 11.4. The van der Waals surface area contributed by atoms with Crippen molar-refractivity contribution < 1.29 is 14.6 Å². The summed E-state index contributed by atoms with van der Waals surface area (Å²) in [5.74, 6) is 0.0254. The number of aromatic hydroxyl groups is 1. The third-order valence-corrected chi connectivity index (χ3v) is 5.85. The summed E-state index contributed by atoms with van der Waals surface area (Å²) < 4.78 is 7.91. The van der Waals surface area contributed by atoms with E-state index in [1.165, 1.54) is 18.2 Å². The second kappa shape index (κ2) is 10.1. The van der Waals surface area contributed by atoms with Gasteiger partial charge in [-0.25, -0.2) is 4.79 Å². The fourth-order valence-corrected chi connectivity index (χ4v) is 4.38. The summed E-state index contributed by atoms with van der Waals surface area (Å²) in [4.78, 5) is 38.1. The Morgan fingerprint density at radius 3 is 2.44 bits per heavy atom. The normalized spacial score (nSPS) is 10.6. The number of aromatic amines is 1. The molecule has 0 unspecified atom stereocenters. The number of nitrogens with zero attached hydrogens (tertiary/aromatic N) is 2. The van der Waals surface area contributed by atoms with Gasteiger partial charge in [0.05, 0.1) is 20.2 Å². The Labute approximate surface area is 209 Å². The summed E-state index contributed by atoms with van der Waals surface area (Å²) in [7, 11) is 0. The molecule has 4 rings (SSSR count). The minimum Gasteiger partial charge on any atom is -0.507 e. The molecule has 3 aromatic carbocycles. The molecule has 0 atom stereocenters. The van der Waals surface area contributed by atoms with E-state index in [0.717, 1.165) is 16.4 Å². The van der Waals surface area contributed by atoms with Crippen molar-refractivity contribution >= 4 is 37.8 Å². The largest absolute Gasteiger partial charge is 0.507 e. The van der Waals surface area contributed by atoms with Gasteiger partial charge >= 0.3 is 5.69 Å². The maximum absolute atomic E-state index is 12.6. The van der Waals surface area contributed by atoms with Gasteiger partial charge in [-0.05, 0) is 67.8 Å².